The first-order valence-corrected chi connectivity index (χ1v) is 8.21. The molecular weight excluding hydrogens is 336 g/mol. The van der Waals surface area contributed by atoms with Crippen molar-refractivity contribution in [3.8, 4) is 0 Å². The molecule has 0 bridgehead atoms. The number of hydrogen-bond acceptors (Lipinski definition) is 5. The van der Waals surface area contributed by atoms with E-state index in [-0.39, 0.29) is 5.76 Å². The highest BCUT2D eigenvalue weighted by atomic mass is 16.5. The molecule has 26 heavy (non-hydrogen) atoms. The normalized spacial score (nSPS) is 12.8. The van der Waals surface area contributed by atoms with Crippen LogP contribution in [0.1, 0.15) is 35.5 Å². The number of hydrogen-bond donors (Lipinski definition) is 2. The average molecular weight is 358 g/mol. The summed E-state index contributed by atoms with van der Waals surface area (Å²) in [5.74, 6) is -1.60. The minimum atomic E-state index is -1.01. The molecule has 0 aliphatic heterocycles. The number of amides is 2. The molecule has 0 saturated carbocycles. The predicted molar refractivity (Wildman–Crippen MR) is 95.7 cm³/mol. The maximum atomic E-state index is 12.3. The van der Waals surface area contributed by atoms with Crippen LogP contribution in [-0.2, 0) is 14.3 Å². The van der Waals surface area contributed by atoms with E-state index >= 15 is 0 Å². The van der Waals surface area contributed by atoms with Crippen molar-refractivity contribution in [1.82, 2.24) is 5.32 Å². The monoisotopic (exact) mass is 358 g/mol. The summed E-state index contributed by atoms with van der Waals surface area (Å²) in [5, 5.41) is 5.22. The summed E-state index contributed by atoms with van der Waals surface area (Å²) in [6.45, 7) is 6.71. The third kappa shape index (κ3) is 4.72. The number of benzene rings is 1. The minimum Gasteiger partial charge on any atom is -0.459 e. The van der Waals surface area contributed by atoms with E-state index in [0.717, 1.165) is 11.1 Å². The number of furan rings is 1. The zero-order chi connectivity index (χ0) is 19.3. The van der Waals surface area contributed by atoms with Gasteiger partial charge >= 0.3 is 5.97 Å². The molecule has 2 amide bonds. The lowest BCUT2D eigenvalue weighted by Gasteiger charge is -2.18. The first kappa shape index (κ1) is 19.2. The number of ether oxygens (including phenoxy) is 1. The lowest BCUT2D eigenvalue weighted by atomic mass is 10.1. The van der Waals surface area contributed by atoms with Crippen molar-refractivity contribution in [2.24, 2.45) is 0 Å². The van der Waals surface area contributed by atoms with Crippen molar-refractivity contribution in [2.75, 3.05) is 5.32 Å². The summed E-state index contributed by atoms with van der Waals surface area (Å²) in [6, 6.07) is 7.78. The van der Waals surface area contributed by atoms with E-state index < -0.39 is 29.9 Å². The largest absolute Gasteiger partial charge is 0.459 e. The highest BCUT2D eigenvalue weighted by molar-refractivity contribution is 5.97. The van der Waals surface area contributed by atoms with Crippen molar-refractivity contribution in [2.45, 2.75) is 39.8 Å². The van der Waals surface area contributed by atoms with Crippen LogP contribution >= 0.6 is 0 Å². The first-order valence-electron chi connectivity index (χ1n) is 8.21. The lowest BCUT2D eigenvalue weighted by Crippen LogP contribution is -2.42. The molecule has 0 spiro atoms. The number of para-hydroxylation sites is 1. The van der Waals surface area contributed by atoms with Gasteiger partial charge in [-0.05, 0) is 51.0 Å². The Morgan fingerprint density at radius 1 is 1.04 bits per heavy atom. The summed E-state index contributed by atoms with van der Waals surface area (Å²) in [6.07, 6.45) is 0.349. The Morgan fingerprint density at radius 3 is 2.27 bits per heavy atom. The van der Waals surface area contributed by atoms with E-state index in [9.17, 15) is 14.4 Å². The van der Waals surface area contributed by atoms with Gasteiger partial charge in [0.25, 0.3) is 11.8 Å². The third-order valence-electron chi connectivity index (χ3n) is 3.84. The van der Waals surface area contributed by atoms with Gasteiger partial charge in [0, 0.05) is 5.69 Å². The van der Waals surface area contributed by atoms with Gasteiger partial charge in [-0.3, -0.25) is 9.59 Å². The molecule has 2 atom stereocenters. The summed E-state index contributed by atoms with van der Waals surface area (Å²) in [7, 11) is 0. The quantitative estimate of drug-likeness (QED) is 0.774. The molecule has 7 heteroatoms. The fraction of sp³-hybridized carbons (Fsp3) is 0.316. The Kier molecular flexibility index (Phi) is 6.16. The molecule has 1 heterocycles. The number of carbonyl (C=O) groups excluding carboxylic acids is 3. The number of aryl methyl sites for hydroxylation is 2. The highest BCUT2D eigenvalue weighted by Gasteiger charge is 2.24. The lowest BCUT2D eigenvalue weighted by molar-refractivity contribution is -0.154. The van der Waals surface area contributed by atoms with Gasteiger partial charge in [-0.15, -0.1) is 0 Å². The van der Waals surface area contributed by atoms with Gasteiger partial charge in [-0.25, -0.2) is 4.79 Å². The molecule has 2 N–H and O–H groups in total. The Hall–Kier alpha value is -3.09. The second-order valence-corrected chi connectivity index (χ2v) is 6.01. The van der Waals surface area contributed by atoms with E-state index in [1.165, 1.54) is 26.2 Å². The van der Waals surface area contributed by atoms with Crippen LogP contribution < -0.4 is 10.6 Å². The summed E-state index contributed by atoms with van der Waals surface area (Å²) < 4.78 is 10.1. The molecule has 2 aromatic rings. The topological polar surface area (TPSA) is 97.6 Å². The second-order valence-electron chi connectivity index (χ2n) is 6.01. The van der Waals surface area contributed by atoms with Gasteiger partial charge in [-0.2, -0.15) is 0 Å². The molecule has 0 saturated heterocycles. The van der Waals surface area contributed by atoms with Crippen LogP contribution in [0.25, 0.3) is 0 Å². The second kappa shape index (κ2) is 8.33. The third-order valence-corrected chi connectivity index (χ3v) is 3.84. The van der Waals surface area contributed by atoms with Crippen LogP contribution in [0.15, 0.2) is 41.0 Å². The van der Waals surface area contributed by atoms with Gasteiger partial charge in [0.15, 0.2) is 11.9 Å². The standard InChI is InChI=1S/C19H22N2O5/c1-11-7-5-8-12(2)16(11)21-17(22)14(4)26-19(24)13(3)20-18(23)15-9-6-10-25-15/h5-10,13-14H,1-4H3,(H,20,23)(H,21,22)/t13-,14+/m0/s1. The van der Waals surface area contributed by atoms with E-state index in [4.69, 9.17) is 9.15 Å². The molecule has 1 aromatic carbocycles. The highest BCUT2D eigenvalue weighted by Crippen LogP contribution is 2.19. The number of rotatable bonds is 6. The van der Waals surface area contributed by atoms with Gasteiger partial charge < -0.3 is 19.8 Å². The molecular formula is C19H22N2O5. The molecule has 138 valence electrons. The fourth-order valence-corrected chi connectivity index (χ4v) is 2.30. The van der Waals surface area contributed by atoms with E-state index in [1.807, 2.05) is 32.0 Å². The SMILES string of the molecule is Cc1cccc(C)c1NC(=O)[C@@H](C)OC(=O)[C@H](C)NC(=O)c1ccco1. The van der Waals surface area contributed by atoms with Crippen LogP contribution in [0, 0.1) is 13.8 Å². The van der Waals surface area contributed by atoms with Crippen molar-refractivity contribution in [3.05, 3.63) is 53.5 Å². The van der Waals surface area contributed by atoms with Crippen molar-refractivity contribution >= 4 is 23.5 Å². The molecule has 0 aliphatic carbocycles. The molecule has 7 nitrogen and oxygen atoms in total. The molecule has 0 fully saturated rings. The predicted octanol–water partition coefficient (Wildman–Crippen LogP) is 2.59. The van der Waals surface area contributed by atoms with Crippen molar-refractivity contribution in [1.29, 1.82) is 0 Å². The van der Waals surface area contributed by atoms with Gasteiger partial charge in [-0.1, -0.05) is 18.2 Å². The molecule has 0 radical (unpaired) electrons. The zero-order valence-corrected chi connectivity index (χ0v) is 15.2. The minimum absolute atomic E-state index is 0.0884. The number of nitrogens with one attached hydrogen (secondary N) is 2. The van der Waals surface area contributed by atoms with Crippen LogP contribution in [-0.4, -0.2) is 29.9 Å². The summed E-state index contributed by atoms with van der Waals surface area (Å²) in [4.78, 5) is 36.3. The Bertz CT molecular complexity index is 778. The summed E-state index contributed by atoms with van der Waals surface area (Å²) in [5.41, 5.74) is 2.52. The van der Waals surface area contributed by atoms with Crippen LogP contribution in [0.3, 0.4) is 0 Å². The van der Waals surface area contributed by atoms with E-state index in [1.54, 1.807) is 6.07 Å². The number of anilines is 1. The van der Waals surface area contributed by atoms with E-state index in [2.05, 4.69) is 10.6 Å². The Labute approximate surface area is 151 Å². The van der Waals surface area contributed by atoms with Crippen molar-refractivity contribution in [3.63, 3.8) is 0 Å². The molecule has 0 unspecified atom stereocenters. The molecule has 1 aromatic heterocycles. The van der Waals surface area contributed by atoms with Crippen LogP contribution in [0.2, 0.25) is 0 Å². The maximum absolute atomic E-state index is 12.3. The van der Waals surface area contributed by atoms with Gasteiger partial charge in [0.05, 0.1) is 6.26 Å². The van der Waals surface area contributed by atoms with Gasteiger partial charge in [0.2, 0.25) is 0 Å². The fourth-order valence-electron chi connectivity index (χ4n) is 2.30. The Balaban J connectivity index is 1.91. The average Bonchev–Trinajstić information content (AvgIpc) is 3.12. The smallest absolute Gasteiger partial charge is 0.329 e. The van der Waals surface area contributed by atoms with Crippen LogP contribution in [0.4, 0.5) is 5.69 Å². The maximum Gasteiger partial charge on any atom is 0.329 e. The molecule has 2 rings (SSSR count). The number of carbonyl (C=O) groups is 3. The first-order chi connectivity index (χ1) is 12.3. The zero-order valence-electron chi connectivity index (χ0n) is 15.2. The van der Waals surface area contributed by atoms with Crippen molar-refractivity contribution < 1.29 is 23.5 Å². The van der Waals surface area contributed by atoms with Gasteiger partial charge in [0.1, 0.15) is 6.04 Å². The Morgan fingerprint density at radius 2 is 1.69 bits per heavy atom. The van der Waals surface area contributed by atoms with Crippen LogP contribution in [0.5, 0.6) is 0 Å². The molecule has 0 aliphatic rings. The van der Waals surface area contributed by atoms with E-state index in [0.29, 0.717) is 5.69 Å². The number of esters is 1. The summed E-state index contributed by atoms with van der Waals surface area (Å²) >= 11 is 0.